The number of aliphatic imine (C=N–C) groups is 1. The van der Waals surface area contributed by atoms with Crippen molar-refractivity contribution in [2.75, 3.05) is 17.2 Å². The zero-order valence-corrected chi connectivity index (χ0v) is 14.9. The second-order valence-corrected chi connectivity index (χ2v) is 6.10. The van der Waals surface area contributed by atoms with Gasteiger partial charge < -0.3 is 10.6 Å². The number of aryl methyl sites for hydroxylation is 2. The van der Waals surface area contributed by atoms with Gasteiger partial charge in [0.15, 0.2) is 0 Å². The molecule has 0 amide bonds. The zero-order chi connectivity index (χ0) is 17.5. The lowest BCUT2D eigenvalue weighted by atomic mass is 9.99. The molecule has 0 aliphatic rings. The molecule has 0 aliphatic carbocycles. The summed E-state index contributed by atoms with van der Waals surface area (Å²) in [6.45, 7) is 9.16. The van der Waals surface area contributed by atoms with E-state index in [1.165, 1.54) is 23.3 Å². The number of hydrogen-bond acceptors (Lipinski definition) is 2. The number of rotatable bonds is 7. The molecule has 0 radical (unpaired) electrons. The van der Waals surface area contributed by atoms with Gasteiger partial charge in [0.05, 0.1) is 12.4 Å². The molecule has 3 nitrogen and oxygen atoms in total. The summed E-state index contributed by atoms with van der Waals surface area (Å²) in [7, 11) is 0. The molecule has 0 fully saturated rings. The Kier molecular flexibility index (Phi) is 6.36. The first-order valence-electron chi connectivity index (χ1n) is 8.39. The van der Waals surface area contributed by atoms with Crippen LogP contribution in [-0.4, -0.2) is 12.9 Å². The fourth-order valence-corrected chi connectivity index (χ4v) is 2.75. The molecular weight excluding hydrogens is 301 g/mol. The molecule has 0 spiro atoms. The monoisotopic (exact) mass is 327 g/mol. The van der Waals surface area contributed by atoms with Gasteiger partial charge in [-0.2, -0.15) is 0 Å². The van der Waals surface area contributed by atoms with Crippen LogP contribution < -0.4 is 10.6 Å². The van der Waals surface area contributed by atoms with Crippen molar-refractivity contribution in [1.29, 1.82) is 0 Å². The fourth-order valence-electron chi connectivity index (χ4n) is 2.75. The predicted octanol–water partition coefficient (Wildman–Crippen LogP) is 5.47. The summed E-state index contributed by atoms with van der Waals surface area (Å²) in [5.41, 5.74) is 5.33. The first-order chi connectivity index (χ1) is 11.5. The minimum Gasteiger partial charge on any atom is -0.378 e. The molecule has 24 heavy (non-hydrogen) atoms. The number of nitrogens with zero attached hydrogens (tertiary/aromatic N) is 1. The van der Waals surface area contributed by atoms with Gasteiger partial charge in [0, 0.05) is 17.9 Å². The normalized spacial score (nSPS) is 12.4. The largest absolute Gasteiger partial charge is 0.378 e. The molecule has 1 atom stereocenters. The smallest absolute Gasteiger partial charge is 0.125 e. The molecule has 2 N–H and O–H groups in total. The van der Waals surface area contributed by atoms with Crippen molar-refractivity contribution in [3.8, 4) is 0 Å². The topological polar surface area (TPSA) is 36.4 Å². The fraction of sp³-hybridized carbons (Fsp3) is 0.350. The number of anilines is 2. The van der Waals surface area contributed by atoms with Gasteiger partial charge in [-0.25, -0.2) is 4.39 Å². The molecule has 0 saturated heterocycles. The summed E-state index contributed by atoms with van der Waals surface area (Å²) in [6.07, 6.45) is 2.79. The first-order valence-corrected chi connectivity index (χ1v) is 8.39. The van der Waals surface area contributed by atoms with E-state index in [0.717, 1.165) is 29.9 Å². The Balaban J connectivity index is 2.26. The molecule has 4 heteroatoms. The van der Waals surface area contributed by atoms with Crippen LogP contribution in [0, 0.1) is 19.7 Å². The molecule has 1 unspecified atom stereocenters. The van der Waals surface area contributed by atoms with E-state index in [1.807, 2.05) is 6.07 Å². The number of benzene rings is 2. The molecule has 2 aromatic carbocycles. The maximum atomic E-state index is 13.4. The van der Waals surface area contributed by atoms with Gasteiger partial charge in [-0.15, -0.1) is 0 Å². The van der Waals surface area contributed by atoms with E-state index in [9.17, 15) is 4.39 Å². The van der Waals surface area contributed by atoms with E-state index < -0.39 is 0 Å². The Hall–Kier alpha value is -2.36. The lowest BCUT2D eigenvalue weighted by Gasteiger charge is -2.21. The van der Waals surface area contributed by atoms with Gasteiger partial charge in [-0.05, 0) is 56.5 Å². The maximum absolute atomic E-state index is 13.4. The van der Waals surface area contributed by atoms with Crippen LogP contribution in [0.2, 0.25) is 0 Å². The Morgan fingerprint density at radius 2 is 2.00 bits per heavy atom. The van der Waals surface area contributed by atoms with E-state index in [-0.39, 0.29) is 11.9 Å². The highest BCUT2D eigenvalue weighted by atomic mass is 19.1. The molecule has 2 aromatic rings. The van der Waals surface area contributed by atoms with E-state index >= 15 is 0 Å². The van der Waals surface area contributed by atoms with E-state index in [4.69, 9.17) is 0 Å². The second-order valence-electron chi connectivity index (χ2n) is 6.10. The van der Waals surface area contributed by atoms with Gasteiger partial charge in [0.25, 0.3) is 0 Å². The summed E-state index contributed by atoms with van der Waals surface area (Å²) in [5.74, 6) is -0.238. The van der Waals surface area contributed by atoms with Crippen molar-refractivity contribution < 1.29 is 4.39 Å². The van der Waals surface area contributed by atoms with Gasteiger partial charge >= 0.3 is 0 Å². The minimum atomic E-state index is -0.238. The molecule has 0 saturated carbocycles. The van der Waals surface area contributed by atoms with Crippen LogP contribution >= 0.6 is 0 Å². The predicted molar refractivity (Wildman–Crippen MR) is 102 cm³/mol. The third-order valence-corrected chi connectivity index (χ3v) is 3.84. The van der Waals surface area contributed by atoms with Crippen LogP contribution in [0.15, 0.2) is 41.4 Å². The highest BCUT2D eigenvalue weighted by molar-refractivity contribution is 5.80. The van der Waals surface area contributed by atoms with Crippen LogP contribution in [-0.2, 0) is 0 Å². The molecule has 128 valence electrons. The molecule has 0 aliphatic heterocycles. The van der Waals surface area contributed by atoms with Crippen molar-refractivity contribution in [3.05, 3.63) is 58.9 Å². The summed E-state index contributed by atoms with van der Waals surface area (Å²) in [6, 6.07) is 10.9. The quantitative estimate of drug-likeness (QED) is 0.523. The third-order valence-electron chi connectivity index (χ3n) is 3.84. The van der Waals surface area contributed by atoms with Crippen LogP contribution in [0.1, 0.15) is 43.0 Å². The van der Waals surface area contributed by atoms with Gasteiger partial charge in [0.1, 0.15) is 5.82 Å². The Bertz CT molecular complexity index is 710. The van der Waals surface area contributed by atoms with E-state index in [2.05, 4.69) is 55.5 Å². The minimum absolute atomic E-state index is 0.0347. The molecule has 0 bridgehead atoms. The number of nitrogens with one attached hydrogen (secondary N) is 2. The SMILES string of the molecule is CCCN=CNc1c(C)cc(C)cc1C(C)Nc1cccc(F)c1. The standard InChI is InChI=1S/C20H26FN3/c1-5-9-22-13-23-20-15(3)10-14(2)11-19(20)16(4)24-18-8-6-7-17(21)12-18/h6-8,10-13,16,24H,5,9H2,1-4H3,(H,22,23). The Morgan fingerprint density at radius 3 is 2.71 bits per heavy atom. The van der Waals surface area contributed by atoms with Crippen molar-refractivity contribution >= 4 is 17.7 Å². The summed E-state index contributed by atoms with van der Waals surface area (Å²) in [5, 5.41) is 6.69. The van der Waals surface area contributed by atoms with E-state index in [0.29, 0.717) is 0 Å². The van der Waals surface area contributed by atoms with Crippen molar-refractivity contribution in [1.82, 2.24) is 0 Å². The number of hydrogen-bond donors (Lipinski definition) is 2. The summed E-state index contributed by atoms with van der Waals surface area (Å²) in [4.78, 5) is 4.34. The molecule has 2 rings (SSSR count). The lowest BCUT2D eigenvalue weighted by molar-refractivity contribution is 0.628. The molecule has 0 aromatic heterocycles. The van der Waals surface area contributed by atoms with Crippen LogP contribution in [0.3, 0.4) is 0 Å². The van der Waals surface area contributed by atoms with Gasteiger partial charge in [-0.3, -0.25) is 4.99 Å². The van der Waals surface area contributed by atoms with Gasteiger partial charge in [0.2, 0.25) is 0 Å². The summed E-state index contributed by atoms with van der Waals surface area (Å²) >= 11 is 0. The van der Waals surface area contributed by atoms with Crippen LogP contribution in [0.5, 0.6) is 0 Å². The van der Waals surface area contributed by atoms with Gasteiger partial charge in [-0.1, -0.05) is 30.7 Å². The van der Waals surface area contributed by atoms with Crippen LogP contribution in [0.4, 0.5) is 15.8 Å². The first kappa shape index (κ1) is 18.0. The second kappa shape index (κ2) is 8.48. The molecular formula is C20H26FN3. The third kappa shape index (κ3) is 4.82. The summed E-state index contributed by atoms with van der Waals surface area (Å²) < 4.78 is 13.4. The highest BCUT2D eigenvalue weighted by Crippen LogP contribution is 2.30. The Labute approximate surface area is 144 Å². The molecule has 0 heterocycles. The van der Waals surface area contributed by atoms with Crippen molar-refractivity contribution in [2.24, 2.45) is 4.99 Å². The van der Waals surface area contributed by atoms with Crippen molar-refractivity contribution in [2.45, 2.75) is 40.2 Å². The van der Waals surface area contributed by atoms with Crippen molar-refractivity contribution in [3.63, 3.8) is 0 Å². The zero-order valence-electron chi connectivity index (χ0n) is 14.9. The highest BCUT2D eigenvalue weighted by Gasteiger charge is 2.13. The van der Waals surface area contributed by atoms with Crippen LogP contribution in [0.25, 0.3) is 0 Å². The Morgan fingerprint density at radius 1 is 1.21 bits per heavy atom. The maximum Gasteiger partial charge on any atom is 0.125 e. The average Bonchev–Trinajstić information content (AvgIpc) is 2.52. The average molecular weight is 327 g/mol. The van der Waals surface area contributed by atoms with E-state index in [1.54, 1.807) is 12.4 Å². The lowest BCUT2D eigenvalue weighted by Crippen LogP contribution is -2.12. The number of halogens is 1.